The first-order valence-electron chi connectivity index (χ1n) is 3.51. The van der Waals surface area contributed by atoms with Crippen LogP contribution in [0.15, 0.2) is 22.7 Å². The molecule has 0 fully saturated rings. The van der Waals surface area contributed by atoms with Gasteiger partial charge >= 0.3 is 0 Å². The van der Waals surface area contributed by atoms with Crippen molar-refractivity contribution in [2.45, 2.75) is 6.92 Å². The molecule has 0 unspecified atom stereocenters. The molecule has 1 rings (SSSR count). The summed E-state index contributed by atoms with van der Waals surface area (Å²) >= 11 is 3.26. The second kappa shape index (κ2) is 6.09. The number of aryl methyl sites for hydroxylation is 1. The molecule has 0 aliphatic rings. The van der Waals surface area contributed by atoms with E-state index in [0.717, 1.165) is 10.0 Å². The minimum atomic E-state index is -0.403. The van der Waals surface area contributed by atoms with Gasteiger partial charge in [-0.05, 0) is 18.6 Å². The molecule has 76 valence electrons. The van der Waals surface area contributed by atoms with Gasteiger partial charge in [0.1, 0.15) is 0 Å². The Hall–Kier alpha value is -1.43. The molecule has 1 N–H and O–H groups in total. The van der Waals surface area contributed by atoms with Crippen molar-refractivity contribution in [3.63, 3.8) is 0 Å². The number of non-ortho nitro benzene ring substituents is 1. The van der Waals surface area contributed by atoms with Gasteiger partial charge in [-0.1, -0.05) is 15.9 Å². The zero-order chi connectivity index (χ0) is 11.1. The maximum atomic E-state index is 10.3. The monoisotopic (exact) mass is 261 g/mol. The first-order valence-corrected chi connectivity index (χ1v) is 4.30. The molecule has 6 heteroatoms. The average molecular weight is 262 g/mol. The Labute approximate surface area is 88.6 Å². The van der Waals surface area contributed by atoms with Gasteiger partial charge in [0.2, 0.25) is 0 Å². The van der Waals surface area contributed by atoms with E-state index in [9.17, 15) is 10.1 Å². The molecule has 0 saturated heterocycles. The van der Waals surface area contributed by atoms with Gasteiger partial charge < -0.3 is 5.11 Å². The number of benzene rings is 1. The van der Waals surface area contributed by atoms with Crippen molar-refractivity contribution in [3.8, 4) is 0 Å². The lowest BCUT2D eigenvalue weighted by atomic mass is 10.2. The fourth-order valence-corrected chi connectivity index (χ4v) is 0.989. The van der Waals surface area contributed by atoms with Crippen molar-refractivity contribution in [3.05, 3.63) is 38.3 Å². The van der Waals surface area contributed by atoms with Crippen molar-refractivity contribution in [2.75, 3.05) is 0 Å². The molecule has 0 aromatic heterocycles. The molecule has 0 atom stereocenters. The Balaban J connectivity index is 0.000000500. The third-order valence-electron chi connectivity index (χ3n) is 1.35. The summed E-state index contributed by atoms with van der Waals surface area (Å²) in [6.07, 6.45) is 0. The molecule has 0 amide bonds. The summed E-state index contributed by atoms with van der Waals surface area (Å²) in [5.41, 5.74) is 1.00. The predicted molar refractivity (Wildman–Crippen MR) is 54.2 cm³/mol. The van der Waals surface area contributed by atoms with Crippen LogP contribution >= 0.6 is 15.9 Å². The van der Waals surface area contributed by atoms with Gasteiger partial charge in [0.05, 0.1) is 4.92 Å². The summed E-state index contributed by atoms with van der Waals surface area (Å²) in [4.78, 5) is 18.2. The summed E-state index contributed by atoms with van der Waals surface area (Å²) < 4.78 is 0.892. The molecule has 0 heterocycles. The topological polar surface area (TPSA) is 80.4 Å². The van der Waals surface area contributed by atoms with Crippen LogP contribution < -0.4 is 0 Å². The van der Waals surface area contributed by atoms with Gasteiger partial charge in [0.15, 0.2) is 0 Å². The second-order valence-electron chi connectivity index (χ2n) is 2.30. The largest absolute Gasteiger partial charge is 0.483 e. The Bertz CT molecular complexity index is 340. The smallest absolute Gasteiger partial charge is 0.290 e. The van der Waals surface area contributed by atoms with Crippen LogP contribution in [-0.2, 0) is 4.79 Å². The number of nitrogens with zero attached hydrogens (tertiary/aromatic N) is 1. The van der Waals surface area contributed by atoms with Gasteiger partial charge in [0.25, 0.3) is 12.2 Å². The number of rotatable bonds is 1. The Morgan fingerprint density at radius 1 is 1.57 bits per heavy atom. The molecular formula is C8H8BrNO4. The predicted octanol–water partition coefficient (Wildman–Crippen LogP) is 2.37. The van der Waals surface area contributed by atoms with E-state index < -0.39 is 4.92 Å². The standard InChI is InChI=1S/C7H6BrNO2.CH2O2/c1-5-4-6(9(10)11)2-3-7(5)8;2-1-3/h2-4H,1H3;1H,(H,2,3). The third-order valence-corrected chi connectivity index (χ3v) is 2.24. The number of halogens is 1. The van der Waals surface area contributed by atoms with E-state index in [0.29, 0.717) is 0 Å². The van der Waals surface area contributed by atoms with Crippen molar-refractivity contribution >= 4 is 28.1 Å². The second-order valence-corrected chi connectivity index (χ2v) is 3.15. The Morgan fingerprint density at radius 2 is 2.07 bits per heavy atom. The van der Waals surface area contributed by atoms with Gasteiger partial charge in [-0.25, -0.2) is 0 Å². The maximum absolute atomic E-state index is 10.3. The molecule has 0 radical (unpaired) electrons. The van der Waals surface area contributed by atoms with Crippen LogP contribution in [0.4, 0.5) is 5.69 Å². The first kappa shape index (κ1) is 12.6. The summed E-state index contributed by atoms with van der Waals surface area (Å²) in [5.74, 6) is 0. The molecule has 0 aliphatic heterocycles. The minimum Gasteiger partial charge on any atom is -0.483 e. The van der Waals surface area contributed by atoms with Gasteiger partial charge in [0, 0.05) is 16.6 Å². The number of carbonyl (C=O) groups is 1. The summed E-state index contributed by atoms with van der Waals surface area (Å²) in [5, 5.41) is 17.1. The van der Waals surface area contributed by atoms with Crippen LogP contribution in [-0.4, -0.2) is 16.5 Å². The van der Waals surface area contributed by atoms with E-state index in [1.807, 2.05) is 6.92 Å². The lowest BCUT2D eigenvalue weighted by molar-refractivity contribution is -0.384. The number of nitro benzene ring substituents is 1. The Morgan fingerprint density at radius 3 is 2.43 bits per heavy atom. The first-order chi connectivity index (χ1) is 6.52. The number of hydrogen-bond donors (Lipinski definition) is 1. The summed E-state index contributed by atoms with van der Waals surface area (Å²) in [6, 6.07) is 4.68. The van der Waals surface area contributed by atoms with E-state index in [4.69, 9.17) is 9.90 Å². The SMILES string of the molecule is Cc1cc([N+](=O)[O-])ccc1Br.O=CO. The summed E-state index contributed by atoms with van der Waals surface area (Å²) in [7, 11) is 0. The Kier molecular flexibility index (Phi) is 5.47. The molecule has 1 aromatic carbocycles. The van der Waals surface area contributed by atoms with Crippen LogP contribution in [0.3, 0.4) is 0 Å². The van der Waals surface area contributed by atoms with Crippen LogP contribution in [0.25, 0.3) is 0 Å². The normalized spacial score (nSPS) is 8.43. The highest BCUT2D eigenvalue weighted by Gasteiger charge is 2.05. The highest BCUT2D eigenvalue weighted by Crippen LogP contribution is 2.20. The average Bonchev–Trinajstić information content (AvgIpc) is 2.10. The van der Waals surface area contributed by atoms with Crippen LogP contribution in [0, 0.1) is 17.0 Å². The lowest BCUT2D eigenvalue weighted by Crippen LogP contribution is -1.88. The zero-order valence-electron chi connectivity index (χ0n) is 7.31. The maximum Gasteiger partial charge on any atom is 0.290 e. The van der Waals surface area contributed by atoms with Crippen LogP contribution in [0.5, 0.6) is 0 Å². The summed E-state index contributed by atoms with van der Waals surface area (Å²) in [6.45, 7) is 1.57. The van der Waals surface area contributed by atoms with Gasteiger partial charge in [-0.2, -0.15) is 0 Å². The van der Waals surface area contributed by atoms with E-state index >= 15 is 0 Å². The number of hydrogen-bond acceptors (Lipinski definition) is 3. The molecule has 5 nitrogen and oxygen atoms in total. The number of nitro groups is 1. The molecule has 0 aliphatic carbocycles. The van der Waals surface area contributed by atoms with E-state index in [2.05, 4.69) is 15.9 Å². The molecule has 0 bridgehead atoms. The molecule has 0 saturated carbocycles. The van der Waals surface area contributed by atoms with Crippen molar-refractivity contribution in [2.24, 2.45) is 0 Å². The highest BCUT2D eigenvalue weighted by molar-refractivity contribution is 9.10. The lowest BCUT2D eigenvalue weighted by Gasteiger charge is -1.95. The fourth-order valence-electron chi connectivity index (χ4n) is 0.742. The molecule has 14 heavy (non-hydrogen) atoms. The van der Waals surface area contributed by atoms with Crippen molar-refractivity contribution in [1.82, 2.24) is 0 Å². The van der Waals surface area contributed by atoms with E-state index in [-0.39, 0.29) is 12.2 Å². The van der Waals surface area contributed by atoms with Gasteiger partial charge in [-0.3, -0.25) is 14.9 Å². The van der Waals surface area contributed by atoms with E-state index in [1.165, 1.54) is 12.1 Å². The number of carboxylic acid groups (broad SMARTS) is 1. The van der Waals surface area contributed by atoms with Crippen LogP contribution in [0.1, 0.15) is 5.56 Å². The third kappa shape index (κ3) is 3.99. The molecule has 0 spiro atoms. The van der Waals surface area contributed by atoms with Gasteiger partial charge in [-0.15, -0.1) is 0 Å². The molecule has 1 aromatic rings. The van der Waals surface area contributed by atoms with Crippen molar-refractivity contribution < 1.29 is 14.8 Å². The van der Waals surface area contributed by atoms with Crippen LogP contribution in [0.2, 0.25) is 0 Å². The quantitative estimate of drug-likeness (QED) is 0.478. The fraction of sp³-hybridized carbons (Fsp3) is 0.125. The molecular weight excluding hydrogens is 254 g/mol. The van der Waals surface area contributed by atoms with E-state index in [1.54, 1.807) is 6.07 Å². The van der Waals surface area contributed by atoms with Crippen molar-refractivity contribution in [1.29, 1.82) is 0 Å². The zero-order valence-corrected chi connectivity index (χ0v) is 8.89. The minimum absolute atomic E-state index is 0.130. The highest BCUT2D eigenvalue weighted by atomic mass is 79.9.